The molecule has 4 rings (SSSR count). The van der Waals surface area contributed by atoms with Crippen LogP contribution in [0.1, 0.15) is 42.3 Å². The van der Waals surface area contributed by atoms with Crippen LogP contribution in [0.4, 0.5) is 0 Å². The van der Waals surface area contributed by atoms with Crippen LogP contribution in [0, 0.1) is 6.92 Å². The van der Waals surface area contributed by atoms with Crippen molar-refractivity contribution in [2.45, 2.75) is 38.8 Å². The van der Waals surface area contributed by atoms with E-state index in [2.05, 4.69) is 32.4 Å². The van der Waals surface area contributed by atoms with E-state index in [-0.39, 0.29) is 0 Å². The van der Waals surface area contributed by atoms with E-state index in [1.165, 1.54) is 24.8 Å². The van der Waals surface area contributed by atoms with Crippen molar-refractivity contribution in [1.82, 2.24) is 25.0 Å². The molecule has 1 unspecified atom stereocenters. The molecule has 4 heterocycles. The van der Waals surface area contributed by atoms with Crippen LogP contribution in [-0.2, 0) is 13.6 Å². The second kappa shape index (κ2) is 7.60. The molecule has 1 aliphatic rings. The summed E-state index contributed by atoms with van der Waals surface area (Å²) in [4.78, 5) is 7.11. The van der Waals surface area contributed by atoms with E-state index < -0.39 is 0 Å². The first-order chi connectivity index (χ1) is 12.7. The fourth-order valence-electron chi connectivity index (χ4n) is 3.92. The Morgan fingerprint density at radius 2 is 2.12 bits per heavy atom. The molecule has 0 bridgehead atoms. The largest absolute Gasteiger partial charge is 0.468 e. The monoisotopic (exact) mass is 353 g/mol. The highest BCUT2D eigenvalue weighted by Crippen LogP contribution is 2.24. The minimum absolute atomic E-state index is 0.294. The van der Waals surface area contributed by atoms with E-state index >= 15 is 0 Å². The lowest BCUT2D eigenvalue weighted by Gasteiger charge is -2.33. The number of nitrogens with one attached hydrogen (secondary N) is 1. The number of pyridine rings is 1. The average Bonchev–Trinajstić information content (AvgIpc) is 3.28. The van der Waals surface area contributed by atoms with Crippen molar-refractivity contribution < 1.29 is 4.42 Å². The Labute approximate surface area is 154 Å². The molecule has 0 amide bonds. The highest BCUT2D eigenvalue weighted by Gasteiger charge is 2.24. The molecule has 0 radical (unpaired) electrons. The summed E-state index contributed by atoms with van der Waals surface area (Å²) in [6, 6.07) is 6.56. The van der Waals surface area contributed by atoms with Gasteiger partial charge in [0.25, 0.3) is 0 Å². The predicted molar refractivity (Wildman–Crippen MR) is 102 cm³/mol. The summed E-state index contributed by atoms with van der Waals surface area (Å²) < 4.78 is 7.56. The zero-order valence-corrected chi connectivity index (χ0v) is 15.6. The third-order valence-corrected chi connectivity index (χ3v) is 5.29. The Morgan fingerprint density at radius 3 is 2.88 bits per heavy atom. The third-order valence-electron chi connectivity index (χ3n) is 5.29. The van der Waals surface area contributed by atoms with Crippen LogP contribution in [0.3, 0.4) is 0 Å². The van der Waals surface area contributed by atoms with Crippen LogP contribution >= 0.6 is 0 Å². The summed E-state index contributed by atoms with van der Waals surface area (Å²) in [5, 5.41) is 9.19. The van der Waals surface area contributed by atoms with Crippen molar-refractivity contribution in [2.24, 2.45) is 7.05 Å². The maximum atomic E-state index is 5.72. The molecule has 26 heavy (non-hydrogen) atoms. The predicted octanol–water partition coefficient (Wildman–Crippen LogP) is 3.19. The maximum absolute atomic E-state index is 5.72. The molecule has 3 aromatic rings. The second-order valence-corrected chi connectivity index (χ2v) is 7.18. The Bertz CT molecular complexity index is 849. The van der Waals surface area contributed by atoms with Gasteiger partial charge in [0.05, 0.1) is 18.0 Å². The number of aromatic nitrogens is 3. The molecule has 1 saturated heterocycles. The lowest BCUT2D eigenvalue weighted by atomic mass is 10.1. The second-order valence-electron chi connectivity index (χ2n) is 7.18. The number of furan rings is 1. The number of piperidine rings is 1. The van der Waals surface area contributed by atoms with Crippen LogP contribution < -0.4 is 5.32 Å². The molecule has 0 aliphatic carbocycles. The summed E-state index contributed by atoms with van der Waals surface area (Å²) in [5.74, 6) is 1.05. The van der Waals surface area contributed by atoms with Crippen molar-refractivity contribution in [3.8, 4) is 0 Å². The Morgan fingerprint density at radius 1 is 1.27 bits per heavy atom. The smallest absolute Gasteiger partial charge is 0.157 e. The number of rotatable bonds is 6. The number of hydrogen-bond acceptors (Lipinski definition) is 5. The van der Waals surface area contributed by atoms with Gasteiger partial charge in [-0.2, -0.15) is 5.10 Å². The topological polar surface area (TPSA) is 59.1 Å². The summed E-state index contributed by atoms with van der Waals surface area (Å²) in [5.41, 5.74) is 3.15. The molecule has 1 fully saturated rings. The van der Waals surface area contributed by atoms with E-state index in [0.29, 0.717) is 6.04 Å². The molecule has 3 aromatic heterocycles. The Hall–Kier alpha value is -2.18. The zero-order valence-electron chi connectivity index (χ0n) is 15.6. The molecule has 138 valence electrons. The van der Waals surface area contributed by atoms with Gasteiger partial charge in [0, 0.05) is 31.7 Å². The first-order valence-corrected chi connectivity index (χ1v) is 9.49. The van der Waals surface area contributed by atoms with Crippen LogP contribution in [0.2, 0.25) is 0 Å². The molecule has 1 atom stereocenters. The van der Waals surface area contributed by atoms with Gasteiger partial charge in [0.1, 0.15) is 5.76 Å². The van der Waals surface area contributed by atoms with E-state index in [9.17, 15) is 0 Å². The molecule has 0 aromatic carbocycles. The van der Waals surface area contributed by atoms with Crippen molar-refractivity contribution >= 4 is 11.0 Å². The molecule has 1 aliphatic heterocycles. The molecular formula is C20H27N5O. The molecular weight excluding hydrogens is 326 g/mol. The highest BCUT2D eigenvalue weighted by molar-refractivity contribution is 5.78. The molecule has 1 N–H and O–H groups in total. The average molecular weight is 353 g/mol. The van der Waals surface area contributed by atoms with Crippen LogP contribution in [0.15, 0.2) is 35.1 Å². The van der Waals surface area contributed by atoms with E-state index in [0.717, 1.165) is 48.7 Å². The summed E-state index contributed by atoms with van der Waals surface area (Å²) >= 11 is 0. The van der Waals surface area contributed by atoms with Gasteiger partial charge in [-0.15, -0.1) is 0 Å². The Balaban J connectivity index is 1.43. The van der Waals surface area contributed by atoms with E-state index in [1.807, 2.05) is 30.9 Å². The van der Waals surface area contributed by atoms with Gasteiger partial charge in [-0.3, -0.25) is 9.58 Å². The normalized spacial score (nSPS) is 17.0. The minimum Gasteiger partial charge on any atom is -0.468 e. The van der Waals surface area contributed by atoms with Crippen LogP contribution in [0.25, 0.3) is 11.0 Å². The van der Waals surface area contributed by atoms with Crippen LogP contribution in [-0.4, -0.2) is 39.3 Å². The van der Waals surface area contributed by atoms with Gasteiger partial charge < -0.3 is 9.73 Å². The van der Waals surface area contributed by atoms with Crippen molar-refractivity contribution in [3.05, 3.63) is 47.7 Å². The van der Waals surface area contributed by atoms with Gasteiger partial charge in [0.15, 0.2) is 5.65 Å². The quantitative estimate of drug-likeness (QED) is 0.737. The number of likely N-dealkylation sites (tertiary alicyclic amines) is 1. The number of fused-ring (bicyclic) bond motifs is 1. The Kier molecular flexibility index (Phi) is 5.04. The number of aryl methyl sites for hydroxylation is 2. The summed E-state index contributed by atoms with van der Waals surface area (Å²) in [7, 11) is 1.94. The van der Waals surface area contributed by atoms with Crippen molar-refractivity contribution in [1.29, 1.82) is 0 Å². The fourth-order valence-corrected chi connectivity index (χ4v) is 3.92. The maximum Gasteiger partial charge on any atom is 0.157 e. The van der Waals surface area contributed by atoms with Gasteiger partial charge in [-0.1, -0.05) is 6.42 Å². The molecule has 0 saturated carbocycles. The van der Waals surface area contributed by atoms with E-state index in [4.69, 9.17) is 4.42 Å². The standard InChI is InChI=1S/C20H27N5O/c1-15-17-11-16(13-22-20(17)24(2)23-15)12-21-14-18(19-7-6-10-26-19)25-8-4-3-5-9-25/h6-7,10-11,13,18,21H,3-5,8-9,12,14H2,1-2H3. The summed E-state index contributed by atoms with van der Waals surface area (Å²) in [6.07, 6.45) is 7.61. The first-order valence-electron chi connectivity index (χ1n) is 9.49. The highest BCUT2D eigenvalue weighted by atomic mass is 16.3. The van der Waals surface area contributed by atoms with Crippen LogP contribution in [0.5, 0.6) is 0 Å². The molecule has 6 nitrogen and oxygen atoms in total. The van der Waals surface area contributed by atoms with Gasteiger partial charge >= 0.3 is 0 Å². The lowest BCUT2D eigenvalue weighted by molar-refractivity contribution is 0.142. The third kappa shape index (κ3) is 3.52. The number of nitrogens with zero attached hydrogens (tertiary/aromatic N) is 4. The molecule has 0 spiro atoms. The lowest BCUT2D eigenvalue weighted by Crippen LogP contribution is -2.38. The molecule has 6 heteroatoms. The number of hydrogen-bond donors (Lipinski definition) is 1. The van der Waals surface area contributed by atoms with Gasteiger partial charge in [0.2, 0.25) is 0 Å². The van der Waals surface area contributed by atoms with Gasteiger partial charge in [-0.05, 0) is 56.6 Å². The SMILES string of the molecule is Cc1nn(C)c2ncc(CNCC(c3ccco3)N3CCCCC3)cc12. The zero-order chi connectivity index (χ0) is 17.9. The summed E-state index contributed by atoms with van der Waals surface area (Å²) in [6.45, 7) is 6.00. The van der Waals surface area contributed by atoms with Gasteiger partial charge in [-0.25, -0.2) is 4.98 Å². The van der Waals surface area contributed by atoms with Crippen molar-refractivity contribution in [3.63, 3.8) is 0 Å². The fraction of sp³-hybridized carbons (Fsp3) is 0.500. The first kappa shape index (κ1) is 17.2. The minimum atomic E-state index is 0.294. The van der Waals surface area contributed by atoms with Crippen molar-refractivity contribution in [2.75, 3.05) is 19.6 Å². The van der Waals surface area contributed by atoms with E-state index in [1.54, 1.807) is 6.26 Å².